The SMILES string of the molecule is COc1cccc(C(C(=O)NC2CCCC2)N(C(=O)c2ccco2)c2ccc3c(c2)OCCO3)c1. The van der Waals surface area contributed by atoms with Gasteiger partial charge in [-0.2, -0.15) is 0 Å². The van der Waals surface area contributed by atoms with Crippen molar-refractivity contribution in [3.05, 3.63) is 72.2 Å². The summed E-state index contributed by atoms with van der Waals surface area (Å²) in [5.74, 6) is 1.13. The molecule has 5 rings (SSSR count). The molecule has 1 aromatic heterocycles. The van der Waals surface area contributed by atoms with Gasteiger partial charge in [0.25, 0.3) is 5.91 Å². The first-order chi connectivity index (χ1) is 17.1. The molecular formula is C27H28N2O6. The Morgan fingerprint density at radius 2 is 1.80 bits per heavy atom. The first-order valence-corrected chi connectivity index (χ1v) is 11.8. The zero-order valence-corrected chi connectivity index (χ0v) is 19.6. The third kappa shape index (κ3) is 4.82. The number of ether oxygens (including phenoxy) is 3. The van der Waals surface area contributed by atoms with Gasteiger partial charge in [-0.1, -0.05) is 25.0 Å². The van der Waals surface area contributed by atoms with Crippen molar-refractivity contribution < 1.29 is 28.2 Å². The maximum Gasteiger partial charge on any atom is 0.294 e. The third-order valence-corrected chi connectivity index (χ3v) is 6.37. The second-order valence-electron chi connectivity index (χ2n) is 8.65. The number of furan rings is 1. The van der Waals surface area contributed by atoms with Gasteiger partial charge in [-0.3, -0.25) is 14.5 Å². The van der Waals surface area contributed by atoms with Crippen LogP contribution in [0.4, 0.5) is 5.69 Å². The summed E-state index contributed by atoms with van der Waals surface area (Å²) < 4.78 is 22.3. The number of amides is 2. The molecule has 2 aliphatic rings. The summed E-state index contributed by atoms with van der Waals surface area (Å²) in [6.07, 6.45) is 5.44. The van der Waals surface area contributed by atoms with E-state index in [0.717, 1.165) is 25.7 Å². The second kappa shape index (κ2) is 10.1. The molecule has 0 saturated heterocycles. The van der Waals surface area contributed by atoms with Crippen molar-refractivity contribution in [3.8, 4) is 17.2 Å². The lowest BCUT2D eigenvalue weighted by Gasteiger charge is -2.32. The lowest BCUT2D eigenvalue weighted by molar-refractivity contribution is -0.123. The highest BCUT2D eigenvalue weighted by atomic mass is 16.6. The number of methoxy groups -OCH3 is 1. The van der Waals surface area contributed by atoms with E-state index in [4.69, 9.17) is 18.6 Å². The van der Waals surface area contributed by atoms with Crippen LogP contribution >= 0.6 is 0 Å². The van der Waals surface area contributed by atoms with Crippen molar-refractivity contribution in [1.82, 2.24) is 5.32 Å². The number of anilines is 1. The minimum atomic E-state index is -0.967. The second-order valence-corrected chi connectivity index (χ2v) is 8.65. The zero-order valence-electron chi connectivity index (χ0n) is 19.6. The Labute approximate surface area is 203 Å². The summed E-state index contributed by atoms with van der Waals surface area (Å²) in [5.41, 5.74) is 1.11. The summed E-state index contributed by atoms with van der Waals surface area (Å²) >= 11 is 0. The lowest BCUT2D eigenvalue weighted by atomic mass is 10.0. The number of nitrogens with one attached hydrogen (secondary N) is 1. The number of rotatable bonds is 7. The Balaban J connectivity index is 1.62. The van der Waals surface area contributed by atoms with Gasteiger partial charge in [0.1, 0.15) is 25.0 Å². The Morgan fingerprint density at radius 3 is 2.54 bits per heavy atom. The van der Waals surface area contributed by atoms with Crippen LogP contribution in [0.25, 0.3) is 0 Å². The normalized spacial score (nSPS) is 15.9. The van der Waals surface area contributed by atoms with Crippen molar-refractivity contribution in [2.45, 2.75) is 37.8 Å². The average molecular weight is 477 g/mol. The number of nitrogens with zero attached hydrogens (tertiary/aromatic N) is 1. The molecule has 1 fully saturated rings. The van der Waals surface area contributed by atoms with Crippen LogP contribution in [0, 0.1) is 0 Å². The predicted octanol–water partition coefficient (Wildman–Crippen LogP) is 4.51. The molecule has 1 N–H and O–H groups in total. The average Bonchev–Trinajstić information content (AvgIpc) is 3.61. The first-order valence-electron chi connectivity index (χ1n) is 11.8. The van der Waals surface area contributed by atoms with E-state index in [0.29, 0.717) is 41.7 Å². The molecule has 1 aliphatic carbocycles. The number of carbonyl (C=O) groups excluding carboxylic acids is 2. The van der Waals surface area contributed by atoms with Gasteiger partial charge >= 0.3 is 0 Å². The number of hydrogen-bond donors (Lipinski definition) is 1. The molecule has 1 saturated carbocycles. The van der Waals surface area contributed by atoms with Gasteiger partial charge in [-0.15, -0.1) is 0 Å². The van der Waals surface area contributed by atoms with Crippen LogP contribution < -0.4 is 24.4 Å². The quantitative estimate of drug-likeness (QED) is 0.540. The monoisotopic (exact) mass is 476 g/mol. The molecule has 2 amide bonds. The van der Waals surface area contributed by atoms with Gasteiger partial charge in [0.2, 0.25) is 5.91 Å². The van der Waals surface area contributed by atoms with Crippen molar-refractivity contribution in [2.24, 2.45) is 0 Å². The van der Waals surface area contributed by atoms with E-state index >= 15 is 0 Å². The zero-order chi connectivity index (χ0) is 24.2. The lowest BCUT2D eigenvalue weighted by Crippen LogP contribution is -2.46. The van der Waals surface area contributed by atoms with Crippen molar-refractivity contribution >= 4 is 17.5 Å². The smallest absolute Gasteiger partial charge is 0.294 e. The van der Waals surface area contributed by atoms with Crippen LogP contribution in [-0.4, -0.2) is 38.2 Å². The fourth-order valence-electron chi connectivity index (χ4n) is 4.66. The molecular weight excluding hydrogens is 448 g/mol. The highest BCUT2D eigenvalue weighted by molar-refractivity contribution is 6.08. The fraction of sp³-hybridized carbons (Fsp3) is 0.333. The van der Waals surface area contributed by atoms with E-state index < -0.39 is 11.9 Å². The maximum atomic E-state index is 13.8. The van der Waals surface area contributed by atoms with Crippen molar-refractivity contribution in [3.63, 3.8) is 0 Å². The highest BCUT2D eigenvalue weighted by Crippen LogP contribution is 2.38. The molecule has 8 heteroatoms. The first kappa shape index (κ1) is 22.8. The maximum absolute atomic E-state index is 13.8. The van der Waals surface area contributed by atoms with Gasteiger partial charge in [0.05, 0.1) is 13.4 Å². The van der Waals surface area contributed by atoms with E-state index in [9.17, 15) is 9.59 Å². The number of carbonyl (C=O) groups is 2. The third-order valence-electron chi connectivity index (χ3n) is 6.37. The Bertz CT molecular complexity index is 1190. The van der Waals surface area contributed by atoms with E-state index in [1.165, 1.54) is 11.2 Å². The molecule has 0 spiro atoms. The van der Waals surface area contributed by atoms with Crippen LogP contribution in [0.2, 0.25) is 0 Å². The van der Waals surface area contributed by atoms with Gasteiger partial charge < -0.3 is 23.9 Å². The van der Waals surface area contributed by atoms with Gasteiger partial charge in [-0.05, 0) is 54.8 Å². The molecule has 35 heavy (non-hydrogen) atoms. The summed E-state index contributed by atoms with van der Waals surface area (Å²) in [7, 11) is 1.57. The van der Waals surface area contributed by atoms with E-state index in [1.807, 2.05) is 12.1 Å². The molecule has 1 aliphatic heterocycles. The topological polar surface area (TPSA) is 90.2 Å². The molecule has 2 heterocycles. The van der Waals surface area contributed by atoms with Crippen LogP contribution in [0.3, 0.4) is 0 Å². The molecule has 0 radical (unpaired) electrons. The van der Waals surface area contributed by atoms with Gasteiger partial charge in [-0.25, -0.2) is 0 Å². The number of fused-ring (bicyclic) bond motifs is 1. The van der Waals surface area contributed by atoms with Crippen LogP contribution in [0.15, 0.2) is 65.3 Å². The number of benzene rings is 2. The van der Waals surface area contributed by atoms with E-state index in [2.05, 4.69) is 5.32 Å². The molecule has 3 aromatic rings. The Morgan fingerprint density at radius 1 is 1.00 bits per heavy atom. The number of hydrogen-bond acceptors (Lipinski definition) is 6. The van der Waals surface area contributed by atoms with Crippen molar-refractivity contribution in [1.29, 1.82) is 0 Å². The summed E-state index contributed by atoms with van der Waals surface area (Å²) in [6, 6.07) is 14.8. The summed E-state index contributed by atoms with van der Waals surface area (Å²) in [5, 5.41) is 3.17. The molecule has 182 valence electrons. The van der Waals surface area contributed by atoms with Gasteiger partial charge in [0, 0.05) is 17.8 Å². The Kier molecular flexibility index (Phi) is 6.61. The van der Waals surface area contributed by atoms with Gasteiger partial charge in [0.15, 0.2) is 17.3 Å². The predicted molar refractivity (Wildman–Crippen MR) is 129 cm³/mol. The van der Waals surface area contributed by atoms with Crippen LogP contribution in [0.1, 0.15) is 47.8 Å². The fourth-order valence-corrected chi connectivity index (χ4v) is 4.66. The Hall–Kier alpha value is -3.94. The highest BCUT2D eigenvalue weighted by Gasteiger charge is 2.36. The van der Waals surface area contributed by atoms with E-state index in [-0.39, 0.29) is 17.7 Å². The van der Waals surface area contributed by atoms with Crippen molar-refractivity contribution in [2.75, 3.05) is 25.2 Å². The molecule has 0 bridgehead atoms. The van der Waals surface area contributed by atoms with Crippen LogP contribution in [-0.2, 0) is 4.79 Å². The van der Waals surface area contributed by atoms with E-state index in [1.54, 1.807) is 49.6 Å². The molecule has 1 unspecified atom stereocenters. The minimum Gasteiger partial charge on any atom is -0.497 e. The largest absolute Gasteiger partial charge is 0.497 e. The molecule has 8 nitrogen and oxygen atoms in total. The molecule has 1 atom stereocenters. The summed E-state index contributed by atoms with van der Waals surface area (Å²) in [6.45, 7) is 0.863. The standard InChI is InChI=1S/C27H28N2O6/c1-32-21-9-4-6-18(16-21)25(26(30)28-19-7-2-3-8-19)29(27(31)23-10-5-13-33-23)20-11-12-22-24(17-20)35-15-14-34-22/h4-6,9-13,16-17,19,25H,2-3,7-8,14-15H2,1H3,(H,28,30). The minimum absolute atomic E-state index is 0.0800. The molecule has 2 aromatic carbocycles. The van der Waals surface area contributed by atoms with Crippen LogP contribution in [0.5, 0.6) is 17.2 Å². The summed E-state index contributed by atoms with van der Waals surface area (Å²) in [4.78, 5) is 29.1.